The van der Waals surface area contributed by atoms with Crippen LogP contribution in [0, 0.1) is 5.82 Å². The maximum absolute atomic E-state index is 13.8. The number of aliphatic hydroxyl groups excluding tert-OH is 1. The van der Waals surface area contributed by atoms with Crippen LogP contribution in [0.4, 0.5) is 4.39 Å². The van der Waals surface area contributed by atoms with Gasteiger partial charge in [0, 0.05) is 25.3 Å². The first-order chi connectivity index (χ1) is 10.2. The van der Waals surface area contributed by atoms with Gasteiger partial charge in [-0.3, -0.25) is 0 Å². The molecule has 1 atom stereocenters. The van der Waals surface area contributed by atoms with Crippen LogP contribution in [0.1, 0.15) is 23.5 Å². The summed E-state index contributed by atoms with van der Waals surface area (Å²) in [5.74, 6) is -0.163. The summed E-state index contributed by atoms with van der Waals surface area (Å²) in [7, 11) is 0. The smallest absolute Gasteiger partial charge is 0.146 e. The predicted octanol–water partition coefficient (Wildman–Crippen LogP) is 3.73. The highest BCUT2D eigenvalue weighted by Gasteiger charge is 2.11. The number of halogens is 2. The molecule has 112 valence electrons. The van der Waals surface area contributed by atoms with E-state index in [9.17, 15) is 9.50 Å². The number of nitrogens with one attached hydrogen (secondary N) is 1. The van der Waals surface area contributed by atoms with Crippen molar-refractivity contribution in [1.82, 2.24) is 5.32 Å². The maximum Gasteiger partial charge on any atom is 0.146 e. The van der Waals surface area contributed by atoms with Gasteiger partial charge in [-0.05, 0) is 24.0 Å². The van der Waals surface area contributed by atoms with E-state index in [4.69, 9.17) is 11.6 Å². The van der Waals surface area contributed by atoms with E-state index < -0.39 is 0 Å². The lowest BCUT2D eigenvalue weighted by Gasteiger charge is -2.17. The molecule has 2 rings (SSSR count). The molecular weight excluding hydrogens is 289 g/mol. The fourth-order valence-corrected chi connectivity index (χ4v) is 2.53. The minimum atomic E-state index is -0.370. The van der Waals surface area contributed by atoms with E-state index in [1.54, 1.807) is 18.2 Å². The Morgan fingerprint density at radius 3 is 2.57 bits per heavy atom. The van der Waals surface area contributed by atoms with Gasteiger partial charge in [0.15, 0.2) is 0 Å². The number of hydrogen-bond donors (Lipinski definition) is 2. The van der Waals surface area contributed by atoms with Crippen LogP contribution in [-0.4, -0.2) is 18.3 Å². The molecule has 0 aliphatic heterocycles. The van der Waals surface area contributed by atoms with Gasteiger partial charge in [0.1, 0.15) is 5.82 Å². The molecule has 0 fully saturated rings. The zero-order valence-corrected chi connectivity index (χ0v) is 12.5. The molecule has 0 amide bonds. The maximum atomic E-state index is 13.8. The van der Waals surface area contributed by atoms with Crippen molar-refractivity contribution >= 4 is 11.6 Å². The average molecular weight is 308 g/mol. The molecule has 0 aromatic heterocycles. The third-order valence-corrected chi connectivity index (χ3v) is 3.78. The van der Waals surface area contributed by atoms with Gasteiger partial charge in [-0.15, -0.1) is 0 Å². The van der Waals surface area contributed by atoms with E-state index in [0.29, 0.717) is 25.1 Å². The summed E-state index contributed by atoms with van der Waals surface area (Å²) in [6.45, 7) is 1.23. The summed E-state index contributed by atoms with van der Waals surface area (Å²) >= 11 is 5.77. The van der Waals surface area contributed by atoms with E-state index in [1.165, 1.54) is 5.56 Å². The zero-order chi connectivity index (χ0) is 15.1. The Hall–Kier alpha value is -1.42. The van der Waals surface area contributed by atoms with Crippen LogP contribution >= 0.6 is 11.6 Å². The molecule has 0 heterocycles. The molecule has 0 aliphatic carbocycles. The third-order valence-electron chi connectivity index (χ3n) is 3.49. The summed E-state index contributed by atoms with van der Waals surface area (Å²) in [4.78, 5) is 0. The van der Waals surface area contributed by atoms with Crippen LogP contribution in [0.5, 0.6) is 0 Å². The number of aliphatic hydroxyl groups is 1. The van der Waals surface area contributed by atoms with Gasteiger partial charge in [0.25, 0.3) is 0 Å². The van der Waals surface area contributed by atoms with Crippen LogP contribution in [0.2, 0.25) is 5.02 Å². The summed E-state index contributed by atoms with van der Waals surface area (Å²) < 4.78 is 13.8. The van der Waals surface area contributed by atoms with Gasteiger partial charge >= 0.3 is 0 Å². The van der Waals surface area contributed by atoms with E-state index in [0.717, 1.165) is 0 Å². The molecule has 2 aromatic rings. The Morgan fingerprint density at radius 2 is 1.86 bits per heavy atom. The number of hydrogen-bond acceptors (Lipinski definition) is 2. The lowest BCUT2D eigenvalue weighted by atomic mass is 9.96. The van der Waals surface area contributed by atoms with Gasteiger partial charge in [0.2, 0.25) is 0 Å². The number of rotatable bonds is 7. The molecule has 4 heteroatoms. The van der Waals surface area contributed by atoms with Crippen molar-refractivity contribution in [2.45, 2.75) is 18.9 Å². The molecule has 1 unspecified atom stereocenters. The zero-order valence-electron chi connectivity index (χ0n) is 11.7. The monoisotopic (exact) mass is 307 g/mol. The van der Waals surface area contributed by atoms with Crippen molar-refractivity contribution in [1.29, 1.82) is 0 Å². The molecule has 0 radical (unpaired) electrons. The molecule has 0 aliphatic rings. The van der Waals surface area contributed by atoms with Crippen molar-refractivity contribution in [3.63, 3.8) is 0 Å². The first kappa shape index (κ1) is 16.0. The molecule has 0 saturated heterocycles. The molecule has 21 heavy (non-hydrogen) atoms. The first-order valence-corrected chi connectivity index (χ1v) is 7.39. The molecule has 2 nitrogen and oxygen atoms in total. The second-order valence-corrected chi connectivity index (χ2v) is 5.37. The van der Waals surface area contributed by atoms with Gasteiger partial charge in [-0.2, -0.15) is 0 Å². The van der Waals surface area contributed by atoms with Crippen molar-refractivity contribution in [3.8, 4) is 0 Å². The third kappa shape index (κ3) is 4.53. The Kier molecular flexibility index (Phi) is 6.18. The van der Waals surface area contributed by atoms with Crippen LogP contribution in [0.15, 0.2) is 48.5 Å². The summed E-state index contributed by atoms with van der Waals surface area (Å²) in [5.41, 5.74) is 1.73. The van der Waals surface area contributed by atoms with E-state index in [1.807, 2.05) is 30.3 Å². The normalized spacial score (nSPS) is 12.3. The van der Waals surface area contributed by atoms with Crippen LogP contribution in [0.25, 0.3) is 0 Å². The highest BCUT2D eigenvalue weighted by molar-refractivity contribution is 6.30. The second-order valence-electron chi connectivity index (χ2n) is 4.96. The fourth-order valence-electron chi connectivity index (χ4n) is 2.33. The van der Waals surface area contributed by atoms with E-state index in [2.05, 4.69) is 5.32 Å². The Bertz CT molecular complexity index is 562. The van der Waals surface area contributed by atoms with Crippen molar-refractivity contribution in [3.05, 3.63) is 70.5 Å². The minimum Gasteiger partial charge on any atom is -0.396 e. The topological polar surface area (TPSA) is 32.3 Å². The molecule has 0 bridgehead atoms. The lowest BCUT2D eigenvalue weighted by Crippen LogP contribution is -2.22. The lowest BCUT2D eigenvalue weighted by molar-refractivity contribution is 0.273. The Labute approximate surface area is 129 Å². The van der Waals surface area contributed by atoms with Crippen LogP contribution < -0.4 is 5.32 Å². The molecule has 0 saturated carbocycles. The molecule has 0 spiro atoms. The number of benzene rings is 2. The highest BCUT2D eigenvalue weighted by Crippen LogP contribution is 2.20. The van der Waals surface area contributed by atoms with Gasteiger partial charge < -0.3 is 10.4 Å². The fraction of sp³-hybridized carbons (Fsp3) is 0.294. The highest BCUT2D eigenvalue weighted by atomic mass is 35.5. The molecular formula is C17H19ClFNO. The Balaban J connectivity index is 1.95. The van der Waals surface area contributed by atoms with Crippen molar-refractivity contribution in [2.24, 2.45) is 0 Å². The SMILES string of the molecule is OCCC(CNCc1cccc(Cl)c1F)c1ccccc1. The van der Waals surface area contributed by atoms with Gasteiger partial charge in [0.05, 0.1) is 5.02 Å². The van der Waals surface area contributed by atoms with Gasteiger partial charge in [-0.25, -0.2) is 4.39 Å². The van der Waals surface area contributed by atoms with Gasteiger partial charge in [-0.1, -0.05) is 54.1 Å². The Morgan fingerprint density at radius 1 is 1.10 bits per heavy atom. The van der Waals surface area contributed by atoms with Crippen molar-refractivity contribution in [2.75, 3.05) is 13.2 Å². The summed E-state index contributed by atoms with van der Waals surface area (Å²) in [5, 5.41) is 12.6. The van der Waals surface area contributed by atoms with Crippen LogP contribution in [-0.2, 0) is 6.54 Å². The van der Waals surface area contributed by atoms with E-state index in [-0.39, 0.29) is 23.4 Å². The standard InChI is InChI=1S/C17H19ClFNO/c18-16-8-4-7-15(17(16)19)12-20-11-14(9-10-21)13-5-2-1-3-6-13/h1-8,14,20-21H,9-12H2. The minimum absolute atomic E-state index is 0.132. The first-order valence-electron chi connectivity index (χ1n) is 7.01. The summed E-state index contributed by atoms with van der Waals surface area (Å²) in [6.07, 6.45) is 0.676. The molecule has 2 aromatic carbocycles. The largest absolute Gasteiger partial charge is 0.396 e. The second kappa shape index (κ2) is 8.13. The van der Waals surface area contributed by atoms with Crippen molar-refractivity contribution < 1.29 is 9.50 Å². The quantitative estimate of drug-likeness (QED) is 0.817. The van der Waals surface area contributed by atoms with Crippen LogP contribution in [0.3, 0.4) is 0 Å². The average Bonchev–Trinajstić information content (AvgIpc) is 2.51. The summed E-state index contributed by atoms with van der Waals surface area (Å²) in [6, 6.07) is 15.0. The van der Waals surface area contributed by atoms with E-state index >= 15 is 0 Å². The predicted molar refractivity (Wildman–Crippen MR) is 84.0 cm³/mol. The molecule has 2 N–H and O–H groups in total.